The minimum Gasteiger partial charge on any atom is -0.357 e. The van der Waals surface area contributed by atoms with E-state index in [9.17, 15) is 0 Å². The topological polar surface area (TPSA) is 28.7 Å². The van der Waals surface area contributed by atoms with Gasteiger partial charge in [-0.1, -0.05) is 27.7 Å². The molecule has 0 aliphatic carbocycles. The van der Waals surface area contributed by atoms with Gasteiger partial charge < -0.3 is 4.98 Å². The summed E-state index contributed by atoms with van der Waals surface area (Å²) in [5, 5.41) is 1.19. The number of halogens is 1. The smallest absolute Gasteiger partial charge is 0.0653 e. The van der Waals surface area contributed by atoms with E-state index in [1.165, 1.54) is 5.39 Å². The zero-order valence-electron chi connectivity index (χ0n) is 10.1. The molecule has 2 nitrogen and oxygen atoms in total. The summed E-state index contributed by atoms with van der Waals surface area (Å²) < 4.78 is 1.04. The molecule has 0 fully saturated rings. The van der Waals surface area contributed by atoms with Crippen molar-refractivity contribution in [2.45, 2.75) is 34.6 Å². The minimum absolute atomic E-state index is 1.04. The number of rotatable bonds is 0. The monoisotopic (exact) mass is 270 g/mol. The standard InChI is InChI=1S/C8H7BrN2.2C2H6/c1-5-2-6-7(9)3-10-4-8(6)11-5;2*1-2/h2-4,11H,1H3;2*1-2H3. The van der Waals surface area contributed by atoms with Crippen LogP contribution < -0.4 is 0 Å². The summed E-state index contributed by atoms with van der Waals surface area (Å²) in [4.78, 5) is 7.25. The van der Waals surface area contributed by atoms with E-state index >= 15 is 0 Å². The second-order valence-electron chi connectivity index (χ2n) is 2.53. The lowest BCUT2D eigenvalue weighted by Gasteiger charge is -1.89. The van der Waals surface area contributed by atoms with Gasteiger partial charge in [-0.3, -0.25) is 4.98 Å². The van der Waals surface area contributed by atoms with Crippen LogP contribution in [0.5, 0.6) is 0 Å². The second-order valence-corrected chi connectivity index (χ2v) is 3.39. The van der Waals surface area contributed by atoms with Gasteiger partial charge in [-0.15, -0.1) is 0 Å². The third-order valence-corrected chi connectivity index (χ3v) is 2.26. The fourth-order valence-electron chi connectivity index (χ4n) is 1.16. The predicted molar refractivity (Wildman–Crippen MR) is 71.2 cm³/mol. The molecule has 0 unspecified atom stereocenters. The van der Waals surface area contributed by atoms with Crippen LogP contribution in [-0.2, 0) is 0 Å². The van der Waals surface area contributed by atoms with Crippen molar-refractivity contribution in [2.24, 2.45) is 0 Å². The highest BCUT2D eigenvalue weighted by Crippen LogP contribution is 2.22. The highest BCUT2D eigenvalue weighted by atomic mass is 79.9. The molecule has 0 aromatic carbocycles. The van der Waals surface area contributed by atoms with Crippen LogP contribution >= 0.6 is 15.9 Å². The van der Waals surface area contributed by atoms with Crippen LogP contribution in [0, 0.1) is 6.92 Å². The van der Waals surface area contributed by atoms with Crippen molar-refractivity contribution >= 4 is 26.8 Å². The maximum atomic E-state index is 4.05. The maximum absolute atomic E-state index is 4.05. The molecule has 2 aromatic rings. The number of pyridine rings is 1. The number of hydrogen-bond acceptors (Lipinski definition) is 1. The molecule has 2 aromatic heterocycles. The van der Waals surface area contributed by atoms with Crippen molar-refractivity contribution in [3.63, 3.8) is 0 Å². The lowest BCUT2D eigenvalue weighted by molar-refractivity contribution is 1.27. The summed E-state index contributed by atoms with van der Waals surface area (Å²) in [5.41, 5.74) is 2.24. The fourth-order valence-corrected chi connectivity index (χ4v) is 1.60. The van der Waals surface area contributed by atoms with Gasteiger partial charge >= 0.3 is 0 Å². The molecule has 0 radical (unpaired) electrons. The Labute approximate surface area is 100 Å². The number of fused-ring (bicyclic) bond motifs is 1. The van der Waals surface area contributed by atoms with E-state index < -0.39 is 0 Å². The molecule has 3 heteroatoms. The van der Waals surface area contributed by atoms with E-state index in [1.807, 2.05) is 40.8 Å². The SMILES string of the molecule is CC.CC.Cc1cc2c(Br)cncc2[nH]1. The van der Waals surface area contributed by atoms with Gasteiger partial charge in [-0.2, -0.15) is 0 Å². The molecule has 0 bridgehead atoms. The molecule has 1 N–H and O–H groups in total. The first kappa shape index (κ1) is 14.2. The normalized spacial score (nSPS) is 8.67. The molecule has 0 aliphatic heterocycles. The number of aromatic nitrogens is 2. The number of hydrogen-bond donors (Lipinski definition) is 1. The lowest BCUT2D eigenvalue weighted by atomic mass is 10.3. The number of nitrogens with one attached hydrogen (secondary N) is 1. The van der Waals surface area contributed by atoms with Crippen molar-refractivity contribution in [1.82, 2.24) is 9.97 Å². The van der Waals surface area contributed by atoms with Gasteiger partial charge in [0, 0.05) is 21.7 Å². The molecule has 0 saturated carbocycles. The summed E-state index contributed by atoms with van der Waals surface area (Å²) in [6.45, 7) is 10.0. The molecule has 0 saturated heterocycles. The first-order valence-corrected chi connectivity index (χ1v) is 6.15. The van der Waals surface area contributed by atoms with Gasteiger partial charge in [0.05, 0.1) is 11.7 Å². The maximum Gasteiger partial charge on any atom is 0.0653 e. The Bertz CT molecular complexity index is 393. The Morgan fingerprint density at radius 2 is 1.73 bits per heavy atom. The minimum atomic E-state index is 1.04. The Hall–Kier alpha value is -0.830. The average Bonchev–Trinajstić information content (AvgIpc) is 2.66. The zero-order valence-corrected chi connectivity index (χ0v) is 11.6. The third kappa shape index (κ3) is 3.67. The molecule has 2 rings (SSSR count). The van der Waals surface area contributed by atoms with Gasteiger partial charge in [0.15, 0.2) is 0 Å². The van der Waals surface area contributed by atoms with Crippen LogP contribution in [0.15, 0.2) is 22.9 Å². The molecular weight excluding hydrogens is 252 g/mol. The van der Waals surface area contributed by atoms with Crippen LogP contribution in [0.25, 0.3) is 10.9 Å². The van der Waals surface area contributed by atoms with Crippen LogP contribution in [0.2, 0.25) is 0 Å². The summed E-state index contributed by atoms with van der Waals surface area (Å²) in [5.74, 6) is 0. The zero-order chi connectivity index (χ0) is 11.8. The summed E-state index contributed by atoms with van der Waals surface area (Å²) in [6.07, 6.45) is 3.63. The summed E-state index contributed by atoms with van der Waals surface area (Å²) in [6, 6.07) is 2.10. The van der Waals surface area contributed by atoms with Gasteiger partial charge in [0.25, 0.3) is 0 Å². The van der Waals surface area contributed by atoms with Crippen molar-refractivity contribution in [3.8, 4) is 0 Å². The molecule has 0 spiro atoms. The van der Waals surface area contributed by atoms with E-state index in [-0.39, 0.29) is 0 Å². The van der Waals surface area contributed by atoms with E-state index in [0.29, 0.717) is 0 Å². The van der Waals surface area contributed by atoms with Crippen molar-refractivity contribution in [3.05, 3.63) is 28.6 Å². The van der Waals surface area contributed by atoms with Crippen LogP contribution in [0.3, 0.4) is 0 Å². The average molecular weight is 271 g/mol. The van der Waals surface area contributed by atoms with Crippen LogP contribution in [0.4, 0.5) is 0 Å². The molecule has 2 heterocycles. The Morgan fingerprint density at radius 1 is 1.13 bits per heavy atom. The van der Waals surface area contributed by atoms with Gasteiger partial charge in [-0.25, -0.2) is 0 Å². The molecule has 0 aliphatic rings. The van der Waals surface area contributed by atoms with E-state index in [4.69, 9.17) is 0 Å². The third-order valence-electron chi connectivity index (χ3n) is 1.63. The van der Waals surface area contributed by atoms with E-state index in [2.05, 4.69) is 32.0 Å². The van der Waals surface area contributed by atoms with E-state index in [0.717, 1.165) is 15.7 Å². The highest BCUT2D eigenvalue weighted by molar-refractivity contribution is 9.10. The van der Waals surface area contributed by atoms with E-state index in [1.54, 1.807) is 6.20 Å². The summed E-state index contributed by atoms with van der Waals surface area (Å²) >= 11 is 3.43. The lowest BCUT2D eigenvalue weighted by Crippen LogP contribution is -1.72. The van der Waals surface area contributed by atoms with Gasteiger partial charge in [-0.05, 0) is 28.9 Å². The van der Waals surface area contributed by atoms with Crippen molar-refractivity contribution < 1.29 is 0 Å². The largest absolute Gasteiger partial charge is 0.357 e. The first-order chi connectivity index (χ1) is 7.27. The first-order valence-electron chi connectivity index (χ1n) is 5.36. The van der Waals surface area contributed by atoms with Crippen molar-refractivity contribution in [1.29, 1.82) is 0 Å². The van der Waals surface area contributed by atoms with Gasteiger partial charge in [0.2, 0.25) is 0 Å². The summed E-state index contributed by atoms with van der Waals surface area (Å²) in [7, 11) is 0. The second kappa shape index (κ2) is 7.46. The van der Waals surface area contributed by atoms with Crippen LogP contribution in [0.1, 0.15) is 33.4 Å². The van der Waals surface area contributed by atoms with Crippen LogP contribution in [-0.4, -0.2) is 9.97 Å². The molecular formula is C12H19BrN2. The Balaban J connectivity index is 0.000000442. The van der Waals surface area contributed by atoms with Crippen molar-refractivity contribution in [2.75, 3.05) is 0 Å². The predicted octanol–water partition coefficient (Wildman–Crippen LogP) is 4.69. The number of aromatic amines is 1. The van der Waals surface area contributed by atoms with Gasteiger partial charge in [0.1, 0.15) is 0 Å². The number of aryl methyl sites for hydroxylation is 1. The molecule has 84 valence electrons. The number of nitrogens with zero attached hydrogens (tertiary/aromatic N) is 1. The Kier molecular flexibility index (Phi) is 7.05. The fraction of sp³-hybridized carbons (Fsp3) is 0.417. The molecule has 15 heavy (non-hydrogen) atoms. The molecule has 0 atom stereocenters. The number of H-pyrrole nitrogens is 1. The quantitative estimate of drug-likeness (QED) is 0.740. The highest BCUT2D eigenvalue weighted by Gasteiger charge is 1.99. The molecule has 0 amide bonds. The Morgan fingerprint density at radius 3 is 2.27 bits per heavy atom.